The lowest BCUT2D eigenvalue weighted by Gasteiger charge is -2.23. The minimum atomic E-state index is 0.386. The molecule has 78 valence electrons. The molecule has 15 heavy (non-hydrogen) atoms. The zero-order chi connectivity index (χ0) is 10.8. The molecule has 1 aliphatic carbocycles. The van der Waals surface area contributed by atoms with E-state index in [1.807, 2.05) is 6.07 Å². The minimum absolute atomic E-state index is 0.386. The third-order valence-electron chi connectivity index (χ3n) is 3.16. The first kappa shape index (κ1) is 9.97. The summed E-state index contributed by atoms with van der Waals surface area (Å²) in [5.41, 5.74) is 8.60. The summed E-state index contributed by atoms with van der Waals surface area (Å²) >= 11 is 0. The minimum Gasteiger partial charge on any atom is -0.383 e. The Balaban J connectivity index is 2.51. The fraction of sp³-hybridized carbons (Fsp3) is 0.500. The number of pyridine rings is 1. The smallest absolute Gasteiger partial charge is 0.141 e. The van der Waals surface area contributed by atoms with E-state index in [9.17, 15) is 0 Å². The van der Waals surface area contributed by atoms with Gasteiger partial charge in [0, 0.05) is 11.6 Å². The molecule has 1 aromatic rings. The number of aryl methyl sites for hydroxylation is 1. The van der Waals surface area contributed by atoms with E-state index in [2.05, 4.69) is 18.0 Å². The highest BCUT2D eigenvalue weighted by atomic mass is 14.9. The van der Waals surface area contributed by atoms with Crippen molar-refractivity contribution in [1.82, 2.24) is 4.98 Å². The highest BCUT2D eigenvalue weighted by Crippen LogP contribution is 2.33. The van der Waals surface area contributed by atoms with Crippen molar-refractivity contribution in [2.75, 3.05) is 5.73 Å². The molecule has 0 saturated carbocycles. The number of fused-ring (bicyclic) bond motifs is 1. The van der Waals surface area contributed by atoms with Gasteiger partial charge in [-0.25, -0.2) is 4.98 Å². The third-order valence-corrected chi connectivity index (χ3v) is 3.16. The number of hydrogen-bond donors (Lipinski definition) is 1. The van der Waals surface area contributed by atoms with Gasteiger partial charge >= 0.3 is 0 Å². The molecule has 1 aliphatic rings. The lowest BCUT2D eigenvalue weighted by Crippen LogP contribution is -2.13. The average Bonchev–Trinajstić information content (AvgIpc) is 2.27. The molecule has 0 fully saturated rings. The Morgan fingerprint density at radius 3 is 3.13 bits per heavy atom. The van der Waals surface area contributed by atoms with Crippen molar-refractivity contribution in [3.63, 3.8) is 0 Å². The van der Waals surface area contributed by atoms with Gasteiger partial charge in [-0.3, -0.25) is 0 Å². The van der Waals surface area contributed by atoms with Gasteiger partial charge < -0.3 is 5.73 Å². The van der Waals surface area contributed by atoms with Gasteiger partial charge in [-0.15, -0.1) is 0 Å². The first-order valence-corrected chi connectivity index (χ1v) is 5.45. The third kappa shape index (κ3) is 1.68. The van der Waals surface area contributed by atoms with Gasteiger partial charge in [0.05, 0.1) is 5.56 Å². The maximum atomic E-state index is 8.87. The van der Waals surface area contributed by atoms with Gasteiger partial charge in [-0.1, -0.05) is 6.92 Å². The van der Waals surface area contributed by atoms with E-state index in [4.69, 9.17) is 11.0 Å². The molecule has 0 aromatic carbocycles. The molecule has 1 atom stereocenters. The number of nitrogens with two attached hydrogens (primary N) is 1. The summed E-state index contributed by atoms with van der Waals surface area (Å²) in [6, 6.07) is 4.01. The van der Waals surface area contributed by atoms with E-state index in [1.54, 1.807) is 0 Å². The van der Waals surface area contributed by atoms with Crippen LogP contribution in [0.4, 0.5) is 5.82 Å². The Kier molecular flexibility index (Phi) is 2.59. The molecule has 0 radical (unpaired) electrons. The molecule has 1 aromatic heterocycles. The Labute approximate surface area is 89.9 Å². The first-order chi connectivity index (χ1) is 7.26. The molecule has 0 amide bonds. The van der Waals surface area contributed by atoms with E-state index in [-0.39, 0.29) is 0 Å². The fourth-order valence-electron chi connectivity index (χ4n) is 2.30. The van der Waals surface area contributed by atoms with Crippen molar-refractivity contribution in [2.24, 2.45) is 0 Å². The molecule has 0 bridgehead atoms. The van der Waals surface area contributed by atoms with Crippen LogP contribution in [0.5, 0.6) is 0 Å². The molecule has 2 rings (SSSR count). The lowest BCUT2D eigenvalue weighted by molar-refractivity contribution is 0.525. The fourth-order valence-corrected chi connectivity index (χ4v) is 2.30. The summed E-state index contributed by atoms with van der Waals surface area (Å²) in [7, 11) is 0. The summed E-state index contributed by atoms with van der Waals surface area (Å²) < 4.78 is 0. The number of rotatable bonds is 1. The second-order valence-electron chi connectivity index (χ2n) is 4.07. The summed E-state index contributed by atoms with van der Waals surface area (Å²) in [4.78, 5) is 4.39. The summed E-state index contributed by atoms with van der Waals surface area (Å²) in [5, 5.41) is 8.87. The standard InChI is InChI=1S/C12H15N3/c1-2-8-4-3-5-9-6-10(7-13)12(14)15-11(8)9/h6,8H,2-5H2,1H3,(H2,14,15). The number of nitriles is 1. The van der Waals surface area contributed by atoms with Crippen LogP contribution in [0.1, 0.15) is 48.9 Å². The van der Waals surface area contributed by atoms with E-state index >= 15 is 0 Å². The second kappa shape index (κ2) is 3.90. The number of nitrogens with zero attached hydrogens (tertiary/aromatic N) is 2. The molecular formula is C12H15N3. The van der Waals surface area contributed by atoms with Crippen molar-refractivity contribution in [3.8, 4) is 6.07 Å². The maximum absolute atomic E-state index is 8.87. The van der Waals surface area contributed by atoms with Crippen LogP contribution in [0.25, 0.3) is 0 Å². The molecule has 0 aliphatic heterocycles. The van der Waals surface area contributed by atoms with Gasteiger partial charge in [0.15, 0.2) is 0 Å². The summed E-state index contributed by atoms with van der Waals surface area (Å²) in [6.45, 7) is 2.18. The second-order valence-corrected chi connectivity index (χ2v) is 4.07. The van der Waals surface area contributed by atoms with Crippen LogP contribution in [-0.2, 0) is 6.42 Å². The largest absolute Gasteiger partial charge is 0.383 e. The topological polar surface area (TPSA) is 62.7 Å². The van der Waals surface area contributed by atoms with Crippen molar-refractivity contribution in [1.29, 1.82) is 5.26 Å². The maximum Gasteiger partial charge on any atom is 0.141 e. The predicted octanol–water partition coefficient (Wildman–Crippen LogP) is 2.37. The normalized spacial score (nSPS) is 19.3. The van der Waals surface area contributed by atoms with Crippen LogP contribution >= 0.6 is 0 Å². The predicted molar refractivity (Wildman–Crippen MR) is 59.3 cm³/mol. The van der Waals surface area contributed by atoms with Gasteiger partial charge in [0.2, 0.25) is 0 Å². The molecular weight excluding hydrogens is 186 g/mol. The number of aromatic nitrogens is 1. The molecule has 3 heteroatoms. The van der Waals surface area contributed by atoms with Crippen LogP contribution in [-0.4, -0.2) is 4.98 Å². The van der Waals surface area contributed by atoms with Crippen molar-refractivity contribution < 1.29 is 0 Å². The molecule has 0 saturated heterocycles. The summed E-state index contributed by atoms with van der Waals surface area (Å²) in [6.07, 6.45) is 4.53. The Hall–Kier alpha value is -1.56. The number of nitrogen functional groups attached to an aromatic ring is 1. The van der Waals surface area contributed by atoms with Crippen LogP contribution in [0, 0.1) is 11.3 Å². The zero-order valence-corrected chi connectivity index (χ0v) is 8.95. The molecule has 1 heterocycles. The molecule has 0 spiro atoms. The van der Waals surface area contributed by atoms with Crippen molar-refractivity contribution in [2.45, 2.75) is 38.5 Å². The van der Waals surface area contributed by atoms with E-state index in [1.165, 1.54) is 18.4 Å². The average molecular weight is 201 g/mol. The van der Waals surface area contributed by atoms with Crippen LogP contribution in [0.15, 0.2) is 6.07 Å². The monoisotopic (exact) mass is 201 g/mol. The number of anilines is 1. The van der Waals surface area contributed by atoms with Crippen molar-refractivity contribution >= 4 is 5.82 Å². The van der Waals surface area contributed by atoms with E-state index in [0.717, 1.165) is 18.5 Å². The van der Waals surface area contributed by atoms with Crippen LogP contribution in [0.3, 0.4) is 0 Å². The quantitative estimate of drug-likeness (QED) is 0.758. The lowest BCUT2D eigenvalue weighted by atomic mass is 9.84. The van der Waals surface area contributed by atoms with Crippen LogP contribution < -0.4 is 5.73 Å². The first-order valence-electron chi connectivity index (χ1n) is 5.45. The molecule has 1 unspecified atom stereocenters. The Bertz CT molecular complexity index is 418. The summed E-state index contributed by atoms with van der Waals surface area (Å²) in [5.74, 6) is 0.917. The highest BCUT2D eigenvalue weighted by molar-refractivity contribution is 5.52. The van der Waals surface area contributed by atoms with E-state index in [0.29, 0.717) is 17.3 Å². The van der Waals surface area contributed by atoms with Gasteiger partial charge in [0.25, 0.3) is 0 Å². The van der Waals surface area contributed by atoms with E-state index < -0.39 is 0 Å². The zero-order valence-electron chi connectivity index (χ0n) is 8.95. The van der Waals surface area contributed by atoms with Gasteiger partial charge in [-0.05, 0) is 37.3 Å². The Morgan fingerprint density at radius 1 is 1.67 bits per heavy atom. The highest BCUT2D eigenvalue weighted by Gasteiger charge is 2.21. The van der Waals surface area contributed by atoms with Crippen LogP contribution in [0.2, 0.25) is 0 Å². The number of hydrogen-bond acceptors (Lipinski definition) is 3. The Morgan fingerprint density at radius 2 is 2.47 bits per heavy atom. The van der Waals surface area contributed by atoms with Gasteiger partial charge in [0.1, 0.15) is 11.9 Å². The van der Waals surface area contributed by atoms with Gasteiger partial charge in [-0.2, -0.15) is 5.26 Å². The molecule has 2 N–H and O–H groups in total. The SMILES string of the molecule is CCC1CCCc2cc(C#N)c(N)nc21. The van der Waals surface area contributed by atoms with Crippen molar-refractivity contribution in [3.05, 3.63) is 22.9 Å². The molecule has 3 nitrogen and oxygen atoms in total.